The number of carbonyl (C=O) groups excluding carboxylic acids is 3. The molecule has 0 spiro atoms. The summed E-state index contributed by atoms with van der Waals surface area (Å²) in [5.74, 6) is 0.152. The summed E-state index contributed by atoms with van der Waals surface area (Å²) >= 11 is 1.60. The Morgan fingerprint density at radius 3 is 2.23 bits per heavy atom. The maximum atomic E-state index is 14.1. The Morgan fingerprint density at radius 1 is 1.09 bits per heavy atom. The largest absolute Gasteiger partial charge is 0.444 e. The van der Waals surface area contributed by atoms with Crippen LogP contribution in [0, 0.1) is 13.8 Å². The van der Waals surface area contributed by atoms with Crippen LogP contribution in [0.5, 0.6) is 0 Å². The lowest BCUT2D eigenvalue weighted by atomic mass is 9.93. The molecule has 0 saturated heterocycles. The number of amides is 3. The maximum absolute atomic E-state index is 14.1. The topological polar surface area (TPSA) is 87.7 Å². The van der Waals surface area contributed by atoms with Gasteiger partial charge in [-0.15, -0.1) is 0 Å². The van der Waals surface area contributed by atoms with Crippen LogP contribution in [0.15, 0.2) is 18.2 Å². The molecule has 3 atom stereocenters. The predicted octanol–water partition coefficient (Wildman–Crippen LogP) is 5.14. The lowest BCUT2D eigenvalue weighted by molar-refractivity contribution is -0.145. The van der Waals surface area contributed by atoms with E-state index in [1.54, 1.807) is 37.4 Å². The van der Waals surface area contributed by atoms with E-state index in [2.05, 4.69) is 10.6 Å². The molecule has 1 aromatic rings. The van der Waals surface area contributed by atoms with Crippen molar-refractivity contribution in [2.24, 2.45) is 0 Å². The van der Waals surface area contributed by atoms with Crippen LogP contribution < -0.4 is 10.6 Å². The van der Waals surface area contributed by atoms with Crippen molar-refractivity contribution in [3.05, 3.63) is 34.9 Å². The normalized spacial score (nSPS) is 14.1. The summed E-state index contributed by atoms with van der Waals surface area (Å²) in [6.07, 6.45) is 2.40. The van der Waals surface area contributed by atoms with Gasteiger partial charge in [0.25, 0.3) is 0 Å². The maximum Gasteiger partial charge on any atom is 0.408 e. The SMILES string of the molecule is CCC(C)N(C(=O)C(CCSC)NC(=O)OC(C)(C)C)C(C(=O)NC(C)C)c1cccc(C)c1C. The highest BCUT2D eigenvalue weighted by molar-refractivity contribution is 7.98. The smallest absolute Gasteiger partial charge is 0.408 e. The van der Waals surface area contributed by atoms with Gasteiger partial charge in [0, 0.05) is 12.1 Å². The number of benzene rings is 1. The van der Waals surface area contributed by atoms with E-state index in [1.807, 2.05) is 66.0 Å². The molecule has 2 N–H and O–H groups in total. The third-order valence-corrected chi connectivity index (χ3v) is 6.46. The molecule has 0 aliphatic heterocycles. The summed E-state index contributed by atoms with van der Waals surface area (Å²) < 4.78 is 5.44. The highest BCUT2D eigenvalue weighted by atomic mass is 32.2. The summed E-state index contributed by atoms with van der Waals surface area (Å²) in [6, 6.07) is 3.86. The molecule has 0 saturated carbocycles. The number of hydrogen-bond donors (Lipinski definition) is 2. The third-order valence-electron chi connectivity index (χ3n) is 5.82. The Balaban J connectivity index is 3.57. The first-order chi connectivity index (χ1) is 16.2. The first-order valence-corrected chi connectivity index (χ1v) is 13.8. The second-order valence-corrected chi connectivity index (χ2v) is 11.3. The minimum Gasteiger partial charge on any atom is -0.444 e. The Hall–Kier alpha value is -2.22. The minimum atomic E-state index is -0.822. The standard InChI is InChI=1S/C27H45N3O4S/c1-11-19(5)30(25(32)22(15-16-35-10)29-26(33)34-27(7,8)9)23(24(31)28-17(2)3)21-14-12-13-18(4)20(21)6/h12-14,17,19,22-23H,11,15-16H2,1-10H3,(H,28,31)(H,29,33). The highest BCUT2D eigenvalue weighted by Crippen LogP contribution is 2.30. The van der Waals surface area contributed by atoms with E-state index in [4.69, 9.17) is 4.74 Å². The Kier molecular flexibility index (Phi) is 12.1. The van der Waals surface area contributed by atoms with Gasteiger partial charge in [0.15, 0.2) is 0 Å². The first kappa shape index (κ1) is 30.8. The number of nitrogens with zero attached hydrogens (tertiary/aromatic N) is 1. The van der Waals surface area contributed by atoms with Crippen LogP contribution >= 0.6 is 11.8 Å². The van der Waals surface area contributed by atoms with E-state index in [0.717, 1.165) is 16.7 Å². The molecule has 35 heavy (non-hydrogen) atoms. The molecule has 8 heteroatoms. The van der Waals surface area contributed by atoms with Crippen LogP contribution in [0.1, 0.15) is 84.0 Å². The summed E-state index contributed by atoms with van der Waals surface area (Å²) in [6.45, 7) is 17.1. The fourth-order valence-corrected chi connectivity index (χ4v) is 4.24. The number of thioether (sulfide) groups is 1. The first-order valence-electron chi connectivity index (χ1n) is 12.4. The van der Waals surface area contributed by atoms with Crippen LogP contribution in [0.25, 0.3) is 0 Å². The van der Waals surface area contributed by atoms with Crippen LogP contribution in [0.4, 0.5) is 4.79 Å². The number of rotatable bonds is 11. The highest BCUT2D eigenvalue weighted by Gasteiger charge is 2.39. The van der Waals surface area contributed by atoms with Gasteiger partial charge in [0.05, 0.1) is 0 Å². The molecule has 1 aromatic carbocycles. The van der Waals surface area contributed by atoms with E-state index in [0.29, 0.717) is 18.6 Å². The van der Waals surface area contributed by atoms with Crippen molar-refractivity contribution in [1.82, 2.24) is 15.5 Å². The van der Waals surface area contributed by atoms with Gasteiger partial charge >= 0.3 is 6.09 Å². The van der Waals surface area contributed by atoms with Crippen molar-refractivity contribution in [1.29, 1.82) is 0 Å². The van der Waals surface area contributed by atoms with Gasteiger partial charge in [-0.2, -0.15) is 11.8 Å². The lowest BCUT2D eigenvalue weighted by Crippen LogP contribution is -2.56. The minimum absolute atomic E-state index is 0.0869. The van der Waals surface area contributed by atoms with Gasteiger partial charge in [0.1, 0.15) is 17.7 Å². The van der Waals surface area contributed by atoms with Crippen molar-refractivity contribution < 1.29 is 19.1 Å². The van der Waals surface area contributed by atoms with Gasteiger partial charge in [-0.05, 0) is 96.9 Å². The fraction of sp³-hybridized carbons (Fsp3) is 0.667. The van der Waals surface area contributed by atoms with E-state index in [1.165, 1.54) is 0 Å². The lowest BCUT2D eigenvalue weighted by Gasteiger charge is -2.39. The Bertz CT molecular complexity index is 866. The molecule has 0 bridgehead atoms. The zero-order valence-corrected chi connectivity index (χ0v) is 24.0. The molecule has 7 nitrogen and oxygen atoms in total. The molecule has 3 amide bonds. The molecular formula is C27H45N3O4S. The Morgan fingerprint density at radius 2 is 1.71 bits per heavy atom. The number of nitrogens with one attached hydrogen (secondary N) is 2. The van der Waals surface area contributed by atoms with E-state index >= 15 is 0 Å². The molecular weight excluding hydrogens is 462 g/mol. The van der Waals surface area contributed by atoms with Crippen molar-refractivity contribution in [3.8, 4) is 0 Å². The molecule has 0 radical (unpaired) electrons. The third kappa shape index (κ3) is 9.39. The van der Waals surface area contributed by atoms with Gasteiger partial charge < -0.3 is 20.3 Å². The van der Waals surface area contributed by atoms with Crippen LogP contribution in [-0.2, 0) is 14.3 Å². The monoisotopic (exact) mass is 507 g/mol. The molecule has 198 valence electrons. The predicted molar refractivity (Wildman–Crippen MR) is 145 cm³/mol. The number of alkyl carbamates (subject to hydrolysis) is 1. The van der Waals surface area contributed by atoms with Gasteiger partial charge in [-0.3, -0.25) is 9.59 Å². The number of hydrogen-bond acceptors (Lipinski definition) is 5. The zero-order valence-electron chi connectivity index (χ0n) is 23.2. The van der Waals surface area contributed by atoms with Crippen LogP contribution in [0.2, 0.25) is 0 Å². The molecule has 0 fully saturated rings. The molecule has 3 unspecified atom stereocenters. The number of carbonyl (C=O) groups is 3. The zero-order chi connectivity index (χ0) is 26.9. The molecule has 1 rings (SSSR count). The summed E-state index contributed by atoms with van der Waals surface area (Å²) in [5.41, 5.74) is 2.12. The molecule has 0 aliphatic rings. The van der Waals surface area contributed by atoms with E-state index in [9.17, 15) is 14.4 Å². The van der Waals surface area contributed by atoms with Gasteiger partial charge in [-0.1, -0.05) is 25.1 Å². The summed E-state index contributed by atoms with van der Waals surface area (Å²) in [4.78, 5) is 42.0. The number of ether oxygens (including phenoxy) is 1. The average Bonchev–Trinajstić information content (AvgIpc) is 2.74. The second kappa shape index (κ2) is 13.8. The van der Waals surface area contributed by atoms with Crippen molar-refractivity contribution >= 4 is 29.7 Å². The van der Waals surface area contributed by atoms with Gasteiger partial charge in [-0.25, -0.2) is 4.79 Å². The van der Waals surface area contributed by atoms with Gasteiger partial charge in [0.2, 0.25) is 11.8 Å². The molecule has 0 aromatic heterocycles. The quantitative estimate of drug-likeness (QED) is 0.433. The van der Waals surface area contributed by atoms with E-state index in [-0.39, 0.29) is 23.9 Å². The van der Waals surface area contributed by atoms with Crippen molar-refractivity contribution in [2.75, 3.05) is 12.0 Å². The average molecular weight is 508 g/mol. The second-order valence-electron chi connectivity index (χ2n) is 10.3. The molecule has 0 aliphatic carbocycles. The van der Waals surface area contributed by atoms with Crippen molar-refractivity contribution in [2.45, 2.75) is 105 Å². The number of aryl methyl sites for hydroxylation is 1. The van der Waals surface area contributed by atoms with Crippen molar-refractivity contribution in [3.63, 3.8) is 0 Å². The fourth-order valence-electron chi connectivity index (χ4n) is 3.77. The van der Waals surface area contributed by atoms with Crippen LogP contribution in [-0.4, -0.2) is 58.5 Å². The Labute approximate surface area is 216 Å². The summed E-state index contributed by atoms with van der Waals surface area (Å²) in [7, 11) is 0. The molecule has 0 heterocycles. The summed E-state index contributed by atoms with van der Waals surface area (Å²) in [5, 5.41) is 5.79. The van der Waals surface area contributed by atoms with E-state index < -0.39 is 23.8 Å². The van der Waals surface area contributed by atoms with Crippen LogP contribution in [0.3, 0.4) is 0 Å².